The highest BCUT2D eigenvalue weighted by Crippen LogP contribution is 2.31. The van der Waals surface area contributed by atoms with Crippen molar-refractivity contribution in [1.29, 1.82) is 0 Å². The third kappa shape index (κ3) is 3.33. The Kier molecular flexibility index (Phi) is 4.80. The molecule has 0 unspecified atom stereocenters. The molecule has 5 nitrogen and oxygen atoms in total. The number of hydrogen-bond donors (Lipinski definition) is 1. The Morgan fingerprint density at radius 2 is 1.77 bits per heavy atom. The molecule has 1 aliphatic rings. The van der Waals surface area contributed by atoms with Gasteiger partial charge < -0.3 is 5.32 Å². The van der Waals surface area contributed by atoms with Gasteiger partial charge in [-0.1, -0.05) is 17.7 Å². The number of nitrogens with one attached hydrogen (secondary N) is 1. The van der Waals surface area contributed by atoms with Crippen molar-refractivity contribution in [2.45, 2.75) is 34.1 Å². The van der Waals surface area contributed by atoms with E-state index in [9.17, 15) is 13.2 Å². The van der Waals surface area contributed by atoms with Crippen LogP contribution >= 0.6 is 0 Å². The Labute approximate surface area is 155 Å². The molecule has 3 rings (SSSR count). The van der Waals surface area contributed by atoms with Crippen LogP contribution in [0.1, 0.15) is 39.5 Å². The molecule has 0 atom stereocenters. The number of hydrogen-bond acceptors (Lipinski definition) is 3. The number of nitrogens with zero attached hydrogens (tertiary/aromatic N) is 1. The molecule has 1 aliphatic heterocycles. The van der Waals surface area contributed by atoms with Crippen LogP contribution < -0.4 is 9.62 Å². The summed E-state index contributed by atoms with van der Waals surface area (Å²) < 4.78 is 25.8. The van der Waals surface area contributed by atoms with Crippen LogP contribution in [0.2, 0.25) is 0 Å². The second-order valence-corrected chi connectivity index (χ2v) is 8.98. The van der Waals surface area contributed by atoms with Crippen LogP contribution in [0.4, 0.5) is 11.4 Å². The topological polar surface area (TPSA) is 66.5 Å². The van der Waals surface area contributed by atoms with Gasteiger partial charge in [0, 0.05) is 17.8 Å². The van der Waals surface area contributed by atoms with E-state index >= 15 is 0 Å². The summed E-state index contributed by atoms with van der Waals surface area (Å²) in [6.45, 7) is 8.06. The Hall–Kier alpha value is -2.34. The van der Waals surface area contributed by atoms with Gasteiger partial charge in [-0.3, -0.25) is 9.10 Å². The van der Waals surface area contributed by atoms with Crippen molar-refractivity contribution in [3.8, 4) is 0 Å². The van der Waals surface area contributed by atoms with E-state index in [4.69, 9.17) is 0 Å². The summed E-state index contributed by atoms with van der Waals surface area (Å²) in [5.41, 5.74) is 6.16. The minimum Gasteiger partial charge on any atom is -0.322 e. The average Bonchev–Trinajstić information content (AvgIpc) is 3.01. The van der Waals surface area contributed by atoms with E-state index in [0.29, 0.717) is 24.2 Å². The number of fused-ring (bicyclic) bond motifs is 1. The molecular weight excluding hydrogens is 348 g/mol. The lowest BCUT2D eigenvalue weighted by molar-refractivity contribution is 0.102. The van der Waals surface area contributed by atoms with Crippen LogP contribution in [0.15, 0.2) is 30.3 Å². The Balaban J connectivity index is 1.87. The van der Waals surface area contributed by atoms with E-state index in [1.54, 1.807) is 25.1 Å². The standard InChI is InChI=1S/C20H24N2O3S/c1-5-26(24,25)22-9-8-16-12-17(6-7-18(16)22)20(23)21-19-14(3)10-13(2)11-15(19)4/h6-7,10-12H,5,8-9H2,1-4H3,(H,21,23). The number of sulfonamides is 1. The molecule has 2 aromatic rings. The Morgan fingerprint density at radius 1 is 1.12 bits per heavy atom. The second kappa shape index (κ2) is 6.76. The van der Waals surface area contributed by atoms with E-state index < -0.39 is 10.0 Å². The van der Waals surface area contributed by atoms with Gasteiger partial charge in [-0.25, -0.2) is 8.42 Å². The summed E-state index contributed by atoms with van der Waals surface area (Å²) in [5.74, 6) is -0.111. The first-order valence-corrected chi connectivity index (χ1v) is 10.4. The Bertz CT molecular complexity index is 958. The summed E-state index contributed by atoms with van der Waals surface area (Å²) in [6, 6.07) is 9.31. The molecule has 1 amide bonds. The van der Waals surface area contributed by atoms with Crippen LogP contribution in [0.5, 0.6) is 0 Å². The minimum absolute atomic E-state index is 0.0701. The van der Waals surface area contributed by atoms with Crippen LogP contribution in [-0.4, -0.2) is 26.6 Å². The third-order valence-electron chi connectivity index (χ3n) is 4.81. The summed E-state index contributed by atoms with van der Waals surface area (Å²) in [6.07, 6.45) is 0.623. The van der Waals surface area contributed by atoms with Crippen LogP contribution in [0, 0.1) is 20.8 Å². The number of carbonyl (C=O) groups is 1. The quantitative estimate of drug-likeness (QED) is 0.892. The maximum Gasteiger partial charge on any atom is 0.255 e. The molecule has 138 valence electrons. The van der Waals surface area contributed by atoms with Crippen molar-refractivity contribution in [2.24, 2.45) is 0 Å². The van der Waals surface area contributed by atoms with E-state index in [1.165, 1.54) is 4.31 Å². The monoisotopic (exact) mass is 372 g/mol. The first-order chi connectivity index (χ1) is 12.2. The van der Waals surface area contributed by atoms with E-state index in [0.717, 1.165) is 27.9 Å². The van der Waals surface area contributed by atoms with Gasteiger partial charge in [-0.2, -0.15) is 0 Å². The molecule has 0 saturated carbocycles. The zero-order valence-electron chi connectivity index (χ0n) is 15.6. The molecule has 2 aromatic carbocycles. The SMILES string of the molecule is CCS(=O)(=O)N1CCc2cc(C(=O)Nc3c(C)cc(C)cc3C)ccc21. The largest absolute Gasteiger partial charge is 0.322 e. The number of aryl methyl sites for hydroxylation is 3. The molecular formula is C20H24N2O3S. The van der Waals surface area contributed by atoms with Crippen molar-refractivity contribution in [3.63, 3.8) is 0 Å². The fourth-order valence-corrected chi connectivity index (χ4v) is 4.68. The zero-order chi connectivity index (χ0) is 19.1. The summed E-state index contributed by atoms with van der Waals surface area (Å²) in [4.78, 5) is 12.7. The molecule has 0 aromatic heterocycles. The van der Waals surface area contributed by atoms with Crippen LogP contribution in [0.3, 0.4) is 0 Å². The van der Waals surface area contributed by atoms with Crippen molar-refractivity contribution in [2.75, 3.05) is 21.9 Å². The number of anilines is 2. The van der Waals surface area contributed by atoms with E-state index in [2.05, 4.69) is 5.32 Å². The molecule has 0 aliphatic carbocycles. The highest BCUT2D eigenvalue weighted by Gasteiger charge is 2.28. The predicted octanol–water partition coefficient (Wildman–Crippen LogP) is 3.58. The van der Waals surface area contributed by atoms with Crippen molar-refractivity contribution in [1.82, 2.24) is 0 Å². The maximum absolute atomic E-state index is 12.7. The van der Waals surface area contributed by atoms with Crippen molar-refractivity contribution >= 4 is 27.3 Å². The second-order valence-electron chi connectivity index (χ2n) is 6.79. The van der Waals surface area contributed by atoms with Crippen LogP contribution in [0.25, 0.3) is 0 Å². The van der Waals surface area contributed by atoms with Gasteiger partial charge in [-0.05, 0) is 69.0 Å². The molecule has 0 spiro atoms. The number of amides is 1. The normalized spacial score (nSPS) is 13.6. The number of benzene rings is 2. The fraction of sp³-hybridized carbons (Fsp3) is 0.350. The Morgan fingerprint density at radius 3 is 2.38 bits per heavy atom. The number of rotatable bonds is 4. The van der Waals surface area contributed by atoms with Gasteiger partial charge in [0.05, 0.1) is 11.4 Å². The van der Waals surface area contributed by atoms with Gasteiger partial charge in [0.15, 0.2) is 0 Å². The molecule has 0 saturated heterocycles. The molecule has 26 heavy (non-hydrogen) atoms. The fourth-order valence-electron chi connectivity index (χ4n) is 3.52. The average molecular weight is 372 g/mol. The van der Waals surface area contributed by atoms with Gasteiger partial charge in [0.25, 0.3) is 5.91 Å². The van der Waals surface area contributed by atoms with Gasteiger partial charge >= 0.3 is 0 Å². The molecule has 0 bridgehead atoms. The number of carbonyl (C=O) groups excluding carboxylic acids is 1. The van der Waals surface area contributed by atoms with Crippen molar-refractivity contribution < 1.29 is 13.2 Å². The molecule has 0 radical (unpaired) electrons. The lowest BCUT2D eigenvalue weighted by Crippen LogP contribution is -2.30. The highest BCUT2D eigenvalue weighted by atomic mass is 32.2. The summed E-state index contributed by atoms with van der Waals surface area (Å²) in [5, 5.41) is 3.00. The maximum atomic E-state index is 12.7. The smallest absolute Gasteiger partial charge is 0.255 e. The van der Waals surface area contributed by atoms with Crippen molar-refractivity contribution in [3.05, 3.63) is 58.1 Å². The summed E-state index contributed by atoms with van der Waals surface area (Å²) in [7, 11) is -3.28. The molecule has 1 heterocycles. The van der Waals surface area contributed by atoms with Gasteiger partial charge in [0.2, 0.25) is 10.0 Å². The molecule has 0 fully saturated rings. The third-order valence-corrected chi connectivity index (χ3v) is 6.59. The first-order valence-electron chi connectivity index (χ1n) is 8.75. The van der Waals surface area contributed by atoms with Gasteiger partial charge in [-0.15, -0.1) is 0 Å². The summed E-state index contributed by atoms with van der Waals surface area (Å²) >= 11 is 0. The lowest BCUT2D eigenvalue weighted by atomic mass is 10.0. The lowest BCUT2D eigenvalue weighted by Gasteiger charge is -2.18. The van der Waals surface area contributed by atoms with E-state index in [1.807, 2.05) is 32.9 Å². The predicted molar refractivity (Wildman–Crippen MR) is 106 cm³/mol. The van der Waals surface area contributed by atoms with Gasteiger partial charge in [0.1, 0.15) is 0 Å². The molecule has 6 heteroatoms. The zero-order valence-corrected chi connectivity index (χ0v) is 16.4. The minimum atomic E-state index is -3.28. The first kappa shape index (κ1) is 18.5. The molecule has 1 N–H and O–H groups in total. The highest BCUT2D eigenvalue weighted by molar-refractivity contribution is 7.92. The van der Waals surface area contributed by atoms with E-state index in [-0.39, 0.29) is 11.7 Å². The van der Waals surface area contributed by atoms with Crippen LogP contribution in [-0.2, 0) is 16.4 Å².